The van der Waals surface area contributed by atoms with Crippen molar-refractivity contribution in [2.45, 2.75) is 26.3 Å². The van der Waals surface area contributed by atoms with Crippen LogP contribution >= 0.6 is 28.3 Å². The fraction of sp³-hybridized carbons (Fsp3) is 0.417. The monoisotopic (exact) mass is 338 g/mol. The first-order chi connectivity index (χ1) is 7.90. The van der Waals surface area contributed by atoms with Gasteiger partial charge in [-0.1, -0.05) is 29.8 Å². The number of nitrogens with one attached hydrogen (secondary N) is 1. The molecule has 0 aliphatic carbocycles. The third-order valence-electron chi connectivity index (χ3n) is 2.25. The Morgan fingerprint density at radius 3 is 2.61 bits per heavy atom. The molecular weight excluding hydrogens is 322 g/mol. The lowest BCUT2D eigenvalue weighted by molar-refractivity contribution is -0.117. The van der Waals surface area contributed by atoms with E-state index in [2.05, 4.69) is 21.2 Å². The van der Waals surface area contributed by atoms with Gasteiger partial charge in [0.25, 0.3) is 0 Å². The Morgan fingerprint density at radius 1 is 1.50 bits per heavy atom. The predicted molar refractivity (Wildman–Crippen MR) is 77.4 cm³/mol. The molecule has 0 saturated heterocycles. The molecule has 0 unspecified atom stereocenters. The number of hydrogen-bond donors (Lipinski definition) is 2. The van der Waals surface area contributed by atoms with Crippen LogP contribution in [-0.2, 0) is 4.79 Å². The average Bonchev–Trinajstić information content (AvgIpc) is 2.21. The van der Waals surface area contributed by atoms with Crippen LogP contribution in [0.15, 0.2) is 22.7 Å². The number of nitrogens with two attached hydrogens (primary N) is 1. The molecule has 0 aromatic heterocycles. The number of anilines is 1. The fourth-order valence-corrected chi connectivity index (χ4v) is 1.76. The maximum Gasteiger partial charge on any atom is 0.241 e. The van der Waals surface area contributed by atoms with Gasteiger partial charge in [-0.2, -0.15) is 0 Å². The molecule has 102 valence electrons. The molecule has 18 heavy (non-hydrogen) atoms. The summed E-state index contributed by atoms with van der Waals surface area (Å²) in [6.45, 7) is 3.96. The van der Waals surface area contributed by atoms with E-state index in [0.29, 0.717) is 16.8 Å². The van der Waals surface area contributed by atoms with Crippen molar-refractivity contribution in [2.75, 3.05) is 5.32 Å². The minimum atomic E-state index is -0.613. The second kappa shape index (κ2) is 7.71. The summed E-state index contributed by atoms with van der Waals surface area (Å²) in [5.74, 6) is -0.519. The third kappa shape index (κ3) is 5.33. The predicted octanol–water partition coefficient (Wildman–Crippen LogP) is 3.32. The van der Waals surface area contributed by atoms with Crippen LogP contribution in [0.4, 0.5) is 10.1 Å². The third-order valence-corrected chi connectivity index (χ3v) is 2.74. The standard InChI is InChI=1S/C12H16BrFN2O.ClH/c1-7(2)5-10(15)12(17)16-11-4-3-8(13)6-9(11)14;/h3-4,6-7,10H,5,15H2,1-2H3,(H,16,17);1H/t10-;/m0./s1. The quantitative estimate of drug-likeness (QED) is 0.884. The zero-order valence-electron chi connectivity index (χ0n) is 10.2. The second-order valence-electron chi connectivity index (χ2n) is 4.35. The summed E-state index contributed by atoms with van der Waals surface area (Å²) in [4.78, 5) is 11.7. The lowest BCUT2D eigenvalue weighted by Gasteiger charge is -2.14. The van der Waals surface area contributed by atoms with E-state index in [-0.39, 0.29) is 24.0 Å². The SMILES string of the molecule is CC(C)C[C@H](N)C(=O)Nc1ccc(Br)cc1F.Cl. The van der Waals surface area contributed by atoms with Crippen LogP contribution < -0.4 is 11.1 Å². The van der Waals surface area contributed by atoms with Crippen LogP contribution in [0.2, 0.25) is 0 Å². The average molecular weight is 340 g/mol. The van der Waals surface area contributed by atoms with Crippen molar-refractivity contribution < 1.29 is 9.18 Å². The zero-order chi connectivity index (χ0) is 13.0. The first-order valence-corrected chi connectivity index (χ1v) is 6.21. The molecule has 1 rings (SSSR count). The van der Waals surface area contributed by atoms with Crippen molar-refractivity contribution in [3.05, 3.63) is 28.5 Å². The van der Waals surface area contributed by atoms with Gasteiger partial charge in [0.2, 0.25) is 5.91 Å². The lowest BCUT2D eigenvalue weighted by atomic mass is 10.0. The molecule has 0 fully saturated rings. The molecule has 0 radical (unpaired) electrons. The molecule has 0 spiro atoms. The molecule has 0 saturated carbocycles. The number of carbonyl (C=O) groups excluding carboxylic acids is 1. The van der Waals surface area contributed by atoms with Crippen molar-refractivity contribution in [3.63, 3.8) is 0 Å². The molecule has 1 aromatic carbocycles. The van der Waals surface area contributed by atoms with Crippen molar-refractivity contribution >= 4 is 39.9 Å². The highest BCUT2D eigenvalue weighted by atomic mass is 79.9. The molecule has 0 bridgehead atoms. The Morgan fingerprint density at radius 2 is 2.11 bits per heavy atom. The zero-order valence-corrected chi connectivity index (χ0v) is 12.6. The summed E-state index contributed by atoms with van der Waals surface area (Å²) in [6.07, 6.45) is 0.573. The minimum absolute atomic E-state index is 0. The lowest BCUT2D eigenvalue weighted by Crippen LogP contribution is -2.36. The Labute approximate surface area is 121 Å². The molecule has 3 nitrogen and oxygen atoms in total. The number of halogens is 3. The van der Waals surface area contributed by atoms with E-state index in [4.69, 9.17) is 5.73 Å². The van der Waals surface area contributed by atoms with Crippen LogP contribution in [0.25, 0.3) is 0 Å². The number of benzene rings is 1. The van der Waals surface area contributed by atoms with Gasteiger partial charge in [-0.3, -0.25) is 4.79 Å². The fourth-order valence-electron chi connectivity index (χ4n) is 1.43. The van der Waals surface area contributed by atoms with E-state index < -0.39 is 11.9 Å². The molecule has 0 heterocycles. The summed E-state index contributed by atoms with van der Waals surface area (Å²) in [5.41, 5.74) is 5.85. The molecule has 3 N–H and O–H groups in total. The molecular formula is C12H17BrClFN2O. The minimum Gasteiger partial charge on any atom is -0.322 e. The van der Waals surface area contributed by atoms with Gasteiger partial charge in [-0.25, -0.2) is 4.39 Å². The highest BCUT2D eigenvalue weighted by molar-refractivity contribution is 9.10. The van der Waals surface area contributed by atoms with Crippen molar-refractivity contribution in [3.8, 4) is 0 Å². The van der Waals surface area contributed by atoms with Crippen LogP contribution in [0, 0.1) is 11.7 Å². The van der Waals surface area contributed by atoms with Crippen LogP contribution in [0.3, 0.4) is 0 Å². The van der Waals surface area contributed by atoms with E-state index in [9.17, 15) is 9.18 Å². The maximum atomic E-state index is 13.5. The highest BCUT2D eigenvalue weighted by Gasteiger charge is 2.16. The Balaban J connectivity index is 0.00000289. The molecule has 0 aliphatic heterocycles. The Hall–Kier alpha value is -0.650. The van der Waals surface area contributed by atoms with Gasteiger partial charge >= 0.3 is 0 Å². The molecule has 1 atom stereocenters. The van der Waals surface area contributed by atoms with E-state index in [1.54, 1.807) is 6.07 Å². The normalized spacial score (nSPS) is 11.9. The van der Waals surface area contributed by atoms with Gasteiger partial charge < -0.3 is 11.1 Å². The largest absolute Gasteiger partial charge is 0.322 e. The number of hydrogen-bond acceptors (Lipinski definition) is 2. The Kier molecular flexibility index (Phi) is 7.43. The van der Waals surface area contributed by atoms with Gasteiger partial charge in [0.1, 0.15) is 5.82 Å². The molecule has 1 amide bonds. The number of carbonyl (C=O) groups is 1. The van der Waals surface area contributed by atoms with Gasteiger partial charge in [0.15, 0.2) is 0 Å². The number of amides is 1. The van der Waals surface area contributed by atoms with E-state index in [0.717, 1.165) is 0 Å². The van der Waals surface area contributed by atoms with Gasteiger partial charge in [-0.15, -0.1) is 12.4 Å². The summed E-state index contributed by atoms with van der Waals surface area (Å²) >= 11 is 3.15. The molecule has 0 aliphatic rings. The highest BCUT2D eigenvalue weighted by Crippen LogP contribution is 2.19. The van der Waals surface area contributed by atoms with Crippen molar-refractivity contribution in [1.29, 1.82) is 0 Å². The van der Waals surface area contributed by atoms with E-state index in [1.165, 1.54) is 12.1 Å². The molecule has 6 heteroatoms. The van der Waals surface area contributed by atoms with E-state index >= 15 is 0 Å². The summed E-state index contributed by atoms with van der Waals surface area (Å²) in [6, 6.07) is 3.84. The van der Waals surface area contributed by atoms with Gasteiger partial charge in [0.05, 0.1) is 11.7 Å². The first-order valence-electron chi connectivity index (χ1n) is 5.41. The maximum absolute atomic E-state index is 13.5. The van der Waals surface area contributed by atoms with Crippen molar-refractivity contribution in [2.24, 2.45) is 11.7 Å². The van der Waals surface area contributed by atoms with Gasteiger partial charge in [0, 0.05) is 4.47 Å². The smallest absolute Gasteiger partial charge is 0.241 e. The van der Waals surface area contributed by atoms with Gasteiger partial charge in [-0.05, 0) is 30.5 Å². The Bertz CT molecular complexity index is 415. The van der Waals surface area contributed by atoms with Crippen molar-refractivity contribution in [1.82, 2.24) is 0 Å². The van der Waals surface area contributed by atoms with Crippen LogP contribution in [0.1, 0.15) is 20.3 Å². The van der Waals surface area contributed by atoms with Crippen LogP contribution in [0.5, 0.6) is 0 Å². The molecule has 1 aromatic rings. The topological polar surface area (TPSA) is 55.1 Å². The van der Waals surface area contributed by atoms with E-state index in [1.807, 2.05) is 13.8 Å². The summed E-state index contributed by atoms with van der Waals surface area (Å²) in [5, 5.41) is 2.48. The first kappa shape index (κ1) is 17.4. The number of rotatable bonds is 4. The van der Waals surface area contributed by atoms with Crippen LogP contribution in [-0.4, -0.2) is 11.9 Å². The second-order valence-corrected chi connectivity index (χ2v) is 5.27. The summed E-state index contributed by atoms with van der Waals surface area (Å²) in [7, 11) is 0. The summed E-state index contributed by atoms with van der Waals surface area (Å²) < 4.78 is 14.1.